The van der Waals surface area contributed by atoms with Gasteiger partial charge in [-0.25, -0.2) is 0 Å². The lowest BCUT2D eigenvalue weighted by molar-refractivity contribution is 0.592. The van der Waals surface area contributed by atoms with Crippen molar-refractivity contribution < 1.29 is 0 Å². The molecule has 64 valence electrons. The Morgan fingerprint density at radius 2 is 2.58 bits per heavy atom. The van der Waals surface area contributed by atoms with Crippen molar-refractivity contribution in [2.75, 3.05) is 7.05 Å². The molecule has 0 saturated carbocycles. The average Bonchev–Trinajstić information content (AvgIpc) is 2.59. The van der Waals surface area contributed by atoms with Gasteiger partial charge < -0.3 is 5.32 Å². The Labute approximate surface area is 76.4 Å². The predicted molar refractivity (Wildman–Crippen MR) is 49.8 cm³/mol. The van der Waals surface area contributed by atoms with Crippen LogP contribution in [0.4, 0.5) is 0 Å². The Hall–Kier alpha value is -0.920. The fourth-order valence-electron chi connectivity index (χ4n) is 0.882. The summed E-state index contributed by atoms with van der Waals surface area (Å²) in [4.78, 5) is 0. The molecule has 0 spiro atoms. The van der Waals surface area contributed by atoms with E-state index in [1.54, 1.807) is 0 Å². The maximum absolute atomic E-state index is 3.98. The molecule has 3 nitrogen and oxygen atoms in total. The monoisotopic (exact) mass is 181 g/mol. The lowest BCUT2D eigenvalue weighted by atomic mass is 10.1. The fourth-order valence-corrected chi connectivity index (χ4v) is 1.39. The molecule has 0 saturated heterocycles. The number of nitrogens with one attached hydrogen (secondary N) is 1. The largest absolute Gasteiger partial charge is 0.311 e. The maximum Gasteiger partial charge on any atom is 0.0934 e. The van der Waals surface area contributed by atoms with Crippen LogP contribution in [0.25, 0.3) is 0 Å². The van der Waals surface area contributed by atoms with E-state index in [4.69, 9.17) is 0 Å². The van der Waals surface area contributed by atoms with Crippen molar-refractivity contribution in [3.05, 3.63) is 11.1 Å². The maximum atomic E-state index is 3.98. The van der Waals surface area contributed by atoms with Crippen LogP contribution in [0.1, 0.15) is 25.1 Å². The molecule has 0 fully saturated rings. The summed E-state index contributed by atoms with van der Waals surface area (Å²) in [5.41, 5.74) is 0.977. The Morgan fingerprint density at radius 3 is 3.08 bits per heavy atom. The standard InChI is InChI=1S/C8H11N3S/c1-3-4-5-7(9-2)8-6-12-11-10-8/h6-7,9H,5H2,1-2H3. The van der Waals surface area contributed by atoms with Crippen LogP contribution in [-0.4, -0.2) is 16.6 Å². The van der Waals surface area contributed by atoms with Crippen LogP contribution in [-0.2, 0) is 0 Å². The highest BCUT2D eigenvalue weighted by Gasteiger charge is 2.09. The third-order valence-electron chi connectivity index (χ3n) is 1.57. The van der Waals surface area contributed by atoms with Gasteiger partial charge in [0.2, 0.25) is 0 Å². The first kappa shape index (κ1) is 9.17. The first-order valence-electron chi connectivity index (χ1n) is 3.72. The summed E-state index contributed by atoms with van der Waals surface area (Å²) in [5.74, 6) is 5.87. The Bertz CT molecular complexity index is 270. The quantitative estimate of drug-likeness (QED) is 0.712. The van der Waals surface area contributed by atoms with E-state index in [1.165, 1.54) is 11.5 Å². The van der Waals surface area contributed by atoms with E-state index in [1.807, 2.05) is 19.4 Å². The van der Waals surface area contributed by atoms with E-state index in [-0.39, 0.29) is 6.04 Å². The molecule has 12 heavy (non-hydrogen) atoms. The molecule has 4 heteroatoms. The van der Waals surface area contributed by atoms with Crippen molar-refractivity contribution in [3.63, 3.8) is 0 Å². The number of hydrogen-bond donors (Lipinski definition) is 1. The second kappa shape index (κ2) is 4.86. The highest BCUT2D eigenvalue weighted by molar-refractivity contribution is 7.03. The first-order valence-corrected chi connectivity index (χ1v) is 4.56. The summed E-state index contributed by atoms with van der Waals surface area (Å²) < 4.78 is 3.80. The SMILES string of the molecule is CC#CCC(NC)c1csnn1. The minimum atomic E-state index is 0.219. The Kier molecular flexibility index (Phi) is 3.71. The Balaban J connectivity index is 2.61. The zero-order chi connectivity index (χ0) is 8.81. The van der Waals surface area contributed by atoms with Gasteiger partial charge in [-0.3, -0.25) is 0 Å². The minimum absolute atomic E-state index is 0.219. The predicted octanol–water partition coefficient (Wildman–Crippen LogP) is 1.21. The molecule has 0 aliphatic rings. The van der Waals surface area contributed by atoms with E-state index >= 15 is 0 Å². The van der Waals surface area contributed by atoms with Crippen LogP contribution in [0.15, 0.2) is 5.38 Å². The van der Waals surface area contributed by atoms with Crippen LogP contribution >= 0.6 is 11.5 Å². The molecule has 1 rings (SSSR count). The number of nitrogens with zero attached hydrogens (tertiary/aromatic N) is 2. The second-order valence-electron chi connectivity index (χ2n) is 2.30. The van der Waals surface area contributed by atoms with Crippen molar-refractivity contribution in [3.8, 4) is 11.8 Å². The van der Waals surface area contributed by atoms with Crippen LogP contribution < -0.4 is 5.32 Å². The molecule has 0 amide bonds. The lowest BCUT2D eigenvalue weighted by Gasteiger charge is -2.07. The second-order valence-corrected chi connectivity index (χ2v) is 2.91. The summed E-state index contributed by atoms with van der Waals surface area (Å²) >= 11 is 1.37. The van der Waals surface area contributed by atoms with Gasteiger partial charge in [-0.1, -0.05) is 4.49 Å². The van der Waals surface area contributed by atoms with E-state index in [0.29, 0.717) is 0 Å². The van der Waals surface area contributed by atoms with E-state index < -0.39 is 0 Å². The van der Waals surface area contributed by atoms with Crippen molar-refractivity contribution in [1.82, 2.24) is 14.9 Å². The molecule has 1 N–H and O–H groups in total. The highest BCUT2D eigenvalue weighted by atomic mass is 32.1. The molecule has 0 radical (unpaired) electrons. The molecule has 1 heterocycles. The van der Waals surface area contributed by atoms with Crippen molar-refractivity contribution in [2.45, 2.75) is 19.4 Å². The van der Waals surface area contributed by atoms with Gasteiger partial charge in [-0.2, -0.15) is 0 Å². The smallest absolute Gasteiger partial charge is 0.0934 e. The third kappa shape index (κ3) is 2.29. The van der Waals surface area contributed by atoms with Crippen molar-refractivity contribution in [1.29, 1.82) is 0 Å². The van der Waals surface area contributed by atoms with E-state index in [0.717, 1.165) is 12.1 Å². The zero-order valence-electron chi connectivity index (χ0n) is 7.16. The van der Waals surface area contributed by atoms with Gasteiger partial charge in [0.15, 0.2) is 0 Å². The molecule has 1 unspecified atom stereocenters. The summed E-state index contributed by atoms with van der Waals surface area (Å²) in [6.07, 6.45) is 0.790. The van der Waals surface area contributed by atoms with Gasteiger partial charge in [-0.15, -0.1) is 16.9 Å². The van der Waals surface area contributed by atoms with Crippen LogP contribution in [0.2, 0.25) is 0 Å². The molecule has 0 aliphatic heterocycles. The van der Waals surface area contributed by atoms with Crippen LogP contribution in [0, 0.1) is 11.8 Å². The molecule has 0 aromatic carbocycles. The Morgan fingerprint density at radius 1 is 1.75 bits per heavy atom. The van der Waals surface area contributed by atoms with Crippen LogP contribution in [0.3, 0.4) is 0 Å². The summed E-state index contributed by atoms with van der Waals surface area (Å²) in [6.45, 7) is 1.84. The number of rotatable bonds is 3. The molecule has 0 bridgehead atoms. The third-order valence-corrected chi connectivity index (χ3v) is 2.09. The van der Waals surface area contributed by atoms with E-state index in [2.05, 4.69) is 26.7 Å². The zero-order valence-corrected chi connectivity index (χ0v) is 7.98. The molecule has 1 atom stereocenters. The van der Waals surface area contributed by atoms with Crippen molar-refractivity contribution in [2.24, 2.45) is 0 Å². The van der Waals surface area contributed by atoms with E-state index in [9.17, 15) is 0 Å². The van der Waals surface area contributed by atoms with Gasteiger partial charge >= 0.3 is 0 Å². The topological polar surface area (TPSA) is 37.8 Å². The van der Waals surface area contributed by atoms with Gasteiger partial charge in [0.05, 0.1) is 11.7 Å². The van der Waals surface area contributed by atoms with Crippen LogP contribution in [0.5, 0.6) is 0 Å². The summed E-state index contributed by atoms with van der Waals surface area (Å²) in [5, 5.41) is 9.06. The first-order chi connectivity index (χ1) is 5.88. The molecule has 1 aromatic rings. The van der Waals surface area contributed by atoms with Gasteiger partial charge in [0.25, 0.3) is 0 Å². The molecule has 0 aliphatic carbocycles. The fraction of sp³-hybridized carbons (Fsp3) is 0.500. The minimum Gasteiger partial charge on any atom is -0.311 e. The normalized spacial score (nSPS) is 11.8. The lowest BCUT2D eigenvalue weighted by Crippen LogP contribution is -2.16. The average molecular weight is 181 g/mol. The molecular formula is C8H11N3S. The highest BCUT2D eigenvalue weighted by Crippen LogP contribution is 2.13. The molecule has 1 aromatic heterocycles. The summed E-state index contributed by atoms with van der Waals surface area (Å²) in [6, 6.07) is 0.219. The number of hydrogen-bond acceptors (Lipinski definition) is 4. The van der Waals surface area contributed by atoms with Gasteiger partial charge in [0.1, 0.15) is 0 Å². The van der Waals surface area contributed by atoms with Gasteiger partial charge in [0, 0.05) is 11.8 Å². The number of aromatic nitrogens is 2. The molecular weight excluding hydrogens is 170 g/mol. The van der Waals surface area contributed by atoms with Crippen molar-refractivity contribution >= 4 is 11.5 Å². The van der Waals surface area contributed by atoms with Gasteiger partial charge in [-0.05, 0) is 25.5 Å². The summed E-state index contributed by atoms with van der Waals surface area (Å²) in [7, 11) is 1.90.